The molecule has 7 heteroatoms. The van der Waals surface area contributed by atoms with E-state index in [1.165, 1.54) is 12.1 Å². The quantitative estimate of drug-likeness (QED) is 0.818. The molecule has 1 aliphatic heterocycles. The lowest BCUT2D eigenvalue weighted by Gasteiger charge is -2.32. The van der Waals surface area contributed by atoms with Gasteiger partial charge in [-0.2, -0.15) is 13.2 Å². The third-order valence-corrected chi connectivity index (χ3v) is 4.10. The van der Waals surface area contributed by atoms with Gasteiger partial charge in [0.2, 0.25) is 0 Å². The summed E-state index contributed by atoms with van der Waals surface area (Å²) < 4.78 is 41.8. The predicted octanol–water partition coefficient (Wildman–Crippen LogP) is 2.93. The zero-order valence-corrected chi connectivity index (χ0v) is 12.3. The number of hydrogen-bond donors (Lipinski definition) is 2. The van der Waals surface area contributed by atoms with E-state index in [2.05, 4.69) is 5.32 Å². The van der Waals surface area contributed by atoms with E-state index in [1.807, 2.05) is 0 Å². The molecule has 0 aliphatic carbocycles. The minimum Gasteiger partial charge on any atom is -0.388 e. The summed E-state index contributed by atoms with van der Waals surface area (Å²) in [4.78, 5) is 0.175. The first kappa shape index (κ1) is 16.6. The molecule has 2 N–H and O–H groups in total. The van der Waals surface area contributed by atoms with Gasteiger partial charge in [0.25, 0.3) is 0 Å². The van der Waals surface area contributed by atoms with Crippen LogP contribution in [0, 0.1) is 0 Å². The summed E-state index contributed by atoms with van der Waals surface area (Å²) in [5.41, 5.74) is -4.12. The first-order valence-electron chi connectivity index (χ1n) is 6.72. The van der Waals surface area contributed by atoms with E-state index < -0.39 is 11.1 Å². The minimum atomic E-state index is -4.26. The number of halogens is 3. The Morgan fingerprint density at radius 3 is 2.38 bits per heavy atom. The molecule has 0 atom stereocenters. The second-order valence-electron chi connectivity index (χ2n) is 5.13. The van der Waals surface area contributed by atoms with Crippen LogP contribution >= 0.6 is 11.8 Å². The van der Waals surface area contributed by atoms with Crippen molar-refractivity contribution in [3.05, 3.63) is 29.8 Å². The van der Waals surface area contributed by atoms with Crippen LogP contribution in [0.15, 0.2) is 29.2 Å². The van der Waals surface area contributed by atoms with Crippen molar-refractivity contribution in [3.8, 4) is 0 Å². The van der Waals surface area contributed by atoms with Crippen molar-refractivity contribution in [1.82, 2.24) is 5.32 Å². The Labute approximate surface area is 125 Å². The number of hydrogen-bond acceptors (Lipinski definition) is 4. The molecular formula is C14H18F3NO2S. The highest BCUT2D eigenvalue weighted by Gasteiger charge is 2.30. The summed E-state index contributed by atoms with van der Waals surface area (Å²) in [7, 11) is 0. The first-order valence-corrected chi connectivity index (χ1v) is 7.54. The van der Waals surface area contributed by atoms with Gasteiger partial charge in [0, 0.05) is 44.0 Å². The van der Waals surface area contributed by atoms with Crippen molar-refractivity contribution in [1.29, 1.82) is 0 Å². The summed E-state index contributed by atoms with van der Waals surface area (Å²) in [5.74, 6) is 0. The molecule has 0 bridgehead atoms. The predicted molar refractivity (Wildman–Crippen MR) is 75.1 cm³/mol. The SMILES string of the molecule is OC1(CNCc2ccc(SC(F)(F)F)cc2)CCOCC1. The lowest BCUT2D eigenvalue weighted by atomic mass is 9.94. The molecule has 0 aromatic heterocycles. The van der Waals surface area contributed by atoms with Crippen LogP contribution in [-0.2, 0) is 11.3 Å². The molecule has 2 rings (SSSR count). The molecule has 21 heavy (non-hydrogen) atoms. The standard InChI is InChI=1S/C14H18F3NO2S/c15-14(16,17)21-12-3-1-11(2-4-12)9-18-10-13(19)5-7-20-8-6-13/h1-4,18-19H,5-10H2. The molecular weight excluding hydrogens is 303 g/mol. The Morgan fingerprint density at radius 2 is 1.81 bits per heavy atom. The van der Waals surface area contributed by atoms with Crippen molar-refractivity contribution >= 4 is 11.8 Å². The minimum absolute atomic E-state index is 0.119. The van der Waals surface area contributed by atoms with Crippen LogP contribution in [0.5, 0.6) is 0 Å². The summed E-state index contributed by atoms with van der Waals surface area (Å²) >= 11 is -0.119. The Morgan fingerprint density at radius 1 is 1.19 bits per heavy atom. The average Bonchev–Trinajstić information content (AvgIpc) is 2.40. The maximum absolute atomic E-state index is 12.2. The monoisotopic (exact) mass is 321 g/mol. The van der Waals surface area contributed by atoms with E-state index in [1.54, 1.807) is 12.1 Å². The topological polar surface area (TPSA) is 41.5 Å². The number of thioether (sulfide) groups is 1. The fraction of sp³-hybridized carbons (Fsp3) is 0.571. The molecule has 1 aromatic carbocycles. The zero-order valence-electron chi connectivity index (χ0n) is 11.4. The smallest absolute Gasteiger partial charge is 0.388 e. The number of aliphatic hydroxyl groups is 1. The average molecular weight is 321 g/mol. The van der Waals surface area contributed by atoms with Gasteiger partial charge in [0.15, 0.2) is 0 Å². The van der Waals surface area contributed by atoms with Gasteiger partial charge in [-0.1, -0.05) is 12.1 Å². The van der Waals surface area contributed by atoms with Gasteiger partial charge >= 0.3 is 5.51 Å². The molecule has 1 aromatic rings. The maximum atomic E-state index is 12.2. The Bertz CT molecular complexity index is 445. The molecule has 3 nitrogen and oxygen atoms in total. The van der Waals surface area contributed by atoms with Crippen LogP contribution in [-0.4, -0.2) is 36.0 Å². The zero-order chi connectivity index (χ0) is 15.3. The van der Waals surface area contributed by atoms with E-state index in [4.69, 9.17) is 4.74 Å². The molecule has 1 heterocycles. The van der Waals surface area contributed by atoms with E-state index in [0.717, 1.165) is 5.56 Å². The van der Waals surface area contributed by atoms with Gasteiger partial charge in [-0.15, -0.1) is 0 Å². The Hall–Kier alpha value is -0.760. The normalized spacial score (nSPS) is 18.7. The number of benzene rings is 1. The van der Waals surface area contributed by atoms with Crippen molar-refractivity contribution in [2.45, 2.75) is 35.4 Å². The van der Waals surface area contributed by atoms with Crippen LogP contribution in [0.25, 0.3) is 0 Å². The van der Waals surface area contributed by atoms with Crippen LogP contribution in [0.3, 0.4) is 0 Å². The highest BCUT2D eigenvalue weighted by molar-refractivity contribution is 8.00. The van der Waals surface area contributed by atoms with Crippen LogP contribution in [0.1, 0.15) is 18.4 Å². The van der Waals surface area contributed by atoms with Crippen LogP contribution in [0.2, 0.25) is 0 Å². The fourth-order valence-electron chi connectivity index (χ4n) is 2.18. The van der Waals surface area contributed by atoms with E-state index in [9.17, 15) is 18.3 Å². The van der Waals surface area contributed by atoms with Gasteiger partial charge in [-0.3, -0.25) is 0 Å². The largest absolute Gasteiger partial charge is 0.446 e. The molecule has 1 saturated heterocycles. The highest BCUT2D eigenvalue weighted by atomic mass is 32.2. The van der Waals surface area contributed by atoms with Crippen molar-refractivity contribution in [3.63, 3.8) is 0 Å². The van der Waals surface area contributed by atoms with Gasteiger partial charge in [0.05, 0.1) is 5.60 Å². The highest BCUT2D eigenvalue weighted by Crippen LogP contribution is 2.36. The first-order chi connectivity index (χ1) is 9.86. The molecule has 0 radical (unpaired) electrons. The summed E-state index contributed by atoms with van der Waals surface area (Å²) in [6.07, 6.45) is 1.20. The number of ether oxygens (including phenoxy) is 1. The molecule has 0 spiro atoms. The molecule has 0 amide bonds. The number of alkyl halides is 3. The Balaban J connectivity index is 1.78. The van der Waals surface area contributed by atoms with Crippen molar-refractivity contribution in [2.75, 3.05) is 19.8 Å². The van der Waals surface area contributed by atoms with E-state index in [0.29, 0.717) is 39.1 Å². The fourth-order valence-corrected chi connectivity index (χ4v) is 2.72. The number of rotatable bonds is 5. The van der Waals surface area contributed by atoms with Crippen LogP contribution in [0.4, 0.5) is 13.2 Å². The lowest BCUT2D eigenvalue weighted by molar-refractivity contribution is -0.0617. The summed E-state index contributed by atoms with van der Waals surface area (Å²) in [6, 6.07) is 6.24. The second-order valence-corrected chi connectivity index (χ2v) is 6.27. The lowest BCUT2D eigenvalue weighted by Crippen LogP contribution is -2.44. The van der Waals surface area contributed by atoms with Crippen LogP contribution < -0.4 is 5.32 Å². The number of nitrogens with one attached hydrogen (secondary N) is 1. The maximum Gasteiger partial charge on any atom is 0.446 e. The molecule has 1 aliphatic rings. The van der Waals surface area contributed by atoms with Gasteiger partial charge in [-0.05, 0) is 29.5 Å². The van der Waals surface area contributed by atoms with Gasteiger partial charge < -0.3 is 15.2 Å². The Kier molecular flexibility index (Phi) is 5.54. The molecule has 118 valence electrons. The third kappa shape index (κ3) is 5.86. The summed E-state index contributed by atoms with van der Waals surface area (Å²) in [5, 5.41) is 13.4. The summed E-state index contributed by atoms with van der Waals surface area (Å²) in [6.45, 7) is 2.08. The van der Waals surface area contributed by atoms with E-state index >= 15 is 0 Å². The molecule has 0 unspecified atom stereocenters. The van der Waals surface area contributed by atoms with Crippen molar-refractivity contribution in [2.24, 2.45) is 0 Å². The molecule has 1 fully saturated rings. The second kappa shape index (κ2) is 7.00. The van der Waals surface area contributed by atoms with Gasteiger partial charge in [0.1, 0.15) is 0 Å². The molecule has 0 saturated carbocycles. The van der Waals surface area contributed by atoms with E-state index in [-0.39, 0.29) is 16.7 Å². The van der Waals surface area contributed by atoms with Gasteiger partial charge in [-0.25, -0.2) is 0 Å². The van der Waals surface area contributed by atoms with Crippen molar-refractivity contribution < 1.29 is 23.0 Å². The third-order valence-electron chi connectivity index (χ3n) is 3.36.